The van der Waals surface area contributed by atoms with Gasteiger partial charge in [-0.3, -0.25) is 0 Å². The van der Waals surface area contributed by atoms with E-state index >= 15 is 0 Å². The number of carbonyl (C=O) groups is 1. The van der Waals surface area contributed by atoms with Gasteiger partial charge in [0, 0.05) is 0 Å². The third kappa shape index (κ3) is 5.32. The lowest BCUT2D eigenvalue weighted by Gasteiger charge is -2.09. The van der Waals surface area contributed by atoms with Crippen LogP contribution in [0.15, 0.2) is 72.8 Å². The van der Waals surface area contributed by atoms with Crippen molar-refractivity contribution in [1.82, 2.24) is 0 Å². The molecule has 0 N–H and O–H groups in total. The zero-order valence-electron chi connectivity index (χ0n) is 16.9. The van der Waals surface area contributed by atoms with E-state index < -0.39 is 0 Å². The van der Waals surface area contributed by atoms with Crippen molar-refractivity contribution >= 4 is 5.97 Å². The molecule has 1 atom stereocenters. The Kier molecular flexibility index (Phi) is 6.65. The van der Waals surface area contributed by atoms with Crippen LogP contribution < -0.4 is 4.74 Å². The molecule has 1 unspecified atom stereocenters. The highest BCUT2D eigenvalue weighted by Crippen LogP contribution is 2.24. The smallest absolute Gasteiger partial charge is 0.343 e. The van der Waals surface area contributed by atoms with E-state index in [9.17, 15) is 4.79 Å². The lowest BCUT2D eigenvalue weighted by molar-refractivity contribution is 0.0735. The van der Waals surface area contributed by atoms with Crippen molar-refractivity contribution in [1.29, 1.82) is 0 Å². The number of aryl methyl sites for hydroxylation is 2. The molecule has 144 valence electrons. The van der Waals surface area contributed by atoms with Gasteiger partial charge in [0.1, 0.15) is 5.75 Å². The molecular formula is C26H28O2. The Bertz CT molecular complexity index is 891. The van der Waals surface area contributed by atoms with Crippen LogP contribution in [0.2, 0.25) is 0 Å². The predicted molar refractivity (Wildman–Crippen MR) is 116 cm³/mol. The summed E-state index contributed by atoms with van der Waals surface area (Å²) >= 11 is 0. The lowest BCUT2D eigenvalue weighted by Crippen LogP contribution is -2.08. The second-order valence-corrected chi connectivity index (χ2v) is 7.53. The second kappa shape index (κ2) is 9.36. The third-order valence-electron chi connectivity index (χ3n) is 5.26. The molecule has 0 aromatic heterocycles. The monoisotopic (exact) mass is 372 g/mol. The molecule has 0 aliphatic carbocycles. The Morgan fingerprint density at radius 3 is 2.00 bits per heavy atom. The molecule has 2 heteroatoms. The average Bonchev–Trinajstić information content (AvgIpc) is 2.73. The van der Waals surface area contributed by atoms with E-state index in [4.69, 9.17) is 4.74 Å². The van der Waals surface area contributed by atoms with Crippen LogP contribution in [-0.2, 0) is 6.42 Å². The number of rotatable bonds is 7. The van der Waals surface area contributed by atoms with Crippen molar-refractivity contribution < 1.29 is 9.53 Å². The highest BCUT2D eigenvalue weighted by Gasteiger charge is 2.08. The first kappa shape index (κ1) is 19.9. The van der Waals surface area contributed by atoms with Gasteiger partial charge < -0.3 is 4.74 Å². The second-order valence-electron chi connectivity index (χ2n) is 7.53. The van der Waals surface area contributed by atoms with Crippen LogP contribution in [0.5, 0.6) is 5.75 Å². The fourth-order valence-corrected chi connectivity index (χ4v) is 3.05. The minimum absolute atomic E-state index is 0.335. The number of hydrogen-bond acceptors (Lipinski definition) is 2. The maximum Gasteiger partial charge on any atom is 0.343 e. The fraction of sp³-hybridized carbons (Fsp3) is 0.269. The van der Waals surface area contributed by atoms with Gasteiger partial charge >= 0.3 is 5.97 Å². The van der Waals surface area contributed by atoms with Crippen LogP contribution in [0.3, 0.4) is 0 Å². The van der Waals surface area contributed by atoms with E-state index in [1.165, 1.54) is 24.0 Å². The molecule has 0 saturated carbocycles. The van der Waals surface area contributed by atoms with Gasteiger partial charge in [0.15, 0.2) is 0 Å². The minimum Gasteiger partial charge on any atom is -0.423 e. The summed E-state index contributed by atoms with van der Waals surface area (Å²) in [6.45, 7) is 6.54. The van der Waals surface area contributed by atoms with Gasteiger partial charge in [0.05, 0.1) is 5.56 Å². The molecule has 0 bridgehead atoms. The molecule has 3 rings (SSSR count). The zero-order valence-corrected chi connectivity index (χ0v) is 16.9. The molecular weight excluding hydrogens is 344 g/mol. The Balaban J connectivity index is 1.62. The van der Waals surface area contributed by atoms with Crippen molar-refractivity contribution in [3.05, 3.63) is 89.5 Å². The molecule has 0 aliphatic rings. The van der Waals surface area contributed by atoms with Gasteiger partial charge in [-0.1, -0.05) is 74.4 Å². The van der Waals surface area contributed by atoms with Crippen molar-refractivity contribution in [3.63, 3.8) is 0 Å². The highest BCUT2D eigenvalue weighted by molar-refractivity contribution is 5.91. The molecule has 0 radical (unpaired) electrons. The minimum atomic E-state index is -0.335. The number of ether oxygens (including phenoxy) is 1. The average molecular weight is 373 g/mol. The predicted octanol–water partition coefficient (Wildman–Crippen LogP) is 6.86. The highest BCUT2D eigenvalue weighted by atomic mass is 16.5. The molecule has 3 aromatic carbocycles. The first-order valence-corrected chi connectivity index (χ1v) is 10.0. The number of hydrogen-bond donors (Lipinski definition) is 0. The van der Waals surface area contributed by atoms with Gasteiger partial charge in [-0.25, -0.2) is 4.79 Å². The van der Waals surface area contributed by atoms with E-state index in [0.29, 0.717) is 11.3 Å². The van der Waals surface area contributed by atoms with Crippen LogP contribution in [0.4, 0.5) is 0 Å². The Hall–Kier alpha value is -2.87. The molecule has 28 heavy (non-hydrogen) atoms. The fourth-order valence-electron chi connectivity index (χ4n) is 3.05. The maximum absolute atomic E-state index is 12.2. The summed E-state index contributed by atoms with van der Waals surface area (Å²) in [6.07, 6.45) is 3.60. The maximum atomic E-state index is 12.2. The summed E-state index contributed by atoms with van der Waals surface area (Å²) in [5.41, 5.74) is 5.34. The molecule has 0 aliphatic heterocycles. The molecule has 0 amide bonds. The molecule has 0 fully saturated rings. The van der Waals surface area contributed by atoms with E-state index in [-0.39, 0.29) is 5.97 Å². The summed E-state index contributed by atoms with van der Waals surface area (Å²) in [5.74, 6) is 0.993. The molecule has 2 nitrogen and oxygen atoms in total. The van der Waals surface area contributed by atoms with E-state index in [2.05, 4.69) is 38.1 Å². The van der Waals surface area contributed by atoms with Crippen LogP contribution in [0, 0.1) is 12.8 Å². The Labute approximate surface area is 168 Å². The first-order chi connectivity index (χ1) is 13.5. The molecule has 0 saturated heterocycles. The Morgan fingerprint density at radius 2 is 1.43 bits per heavy atom. The third-order valence-corrected chi connectivity index (χ3v) is 5.26. The SMILES string of the molecule is CCC(C)CCc1ccc(-c2ccc(OC(=O)c3ccc(C)cc3)cc2)cc1. The van der Waals surface area contributed by atoms with Crippen LogP contribution in [0.1, 0.15) is 48.2 Å². The normalized spacial score (nSPS) is 11.8. The van der Waals surface area contributed by atoms with E-state index in [1.54, 1.807) is 12.1 Å². The molecule has 3 aromatic rings. The van der Waals surface area contributed by atoms with Crippen LogP contribution in [0.25, 0.3) is 11.1 Å². The number of benzene rings is 3. The van der Waals surface area contributed by atoms with Crippen molar-refractivity contribution in [2.45, 2.75) is 40.0 Å². The summed E-state index contributed by atoms with van der Waals surface area (Å²) < 4.78 is 5.48. The Morgan fingerprint density at radius 1 is 0.857 bits per heavy atom. The zero-order chi connectivity index (χ0) is 19.9. The summed E-state index contributed by atoms with van der Waals surface area (Å²) in [4.78, 5) is 12.2. The molecule has 0 heterocycles. The largest absolute Gasteiger partial charge is 0.423 e. The number of esters is 1. The lowest BCUT2D eigenvalue weighted by atomic mass is 9.97. The first-order valence-electron chi connectivity index (χ1n) is 10.0. The topological polar surface area (TPSA) is 26.3 Å². The van der Waals surface area contributed by atoms with Crippen molar-refractivity contribution in [2.24, 2.45) is 5.92 Å². The van der Waals surface area contributed by atoms with Crippen molar-refractivity contribution in [3.8, 4) is 16.9 Å². The van der Waals surface area contributed by atoms with Crippen molar-refractivity contribution in [2.75, 3.05) is 0 Å². The summed E-state index contributed by atoms with van der Waals surface area (Å²) in [7, 11) is 0. The van der Waals surface area contributed by atoms with E-state index in [1.807, 2.05) is 43.3 Å². The van der Waals surface area contributed by atoms with Gasteiger partial charge in [0.25, 0.3) is 0 Å². The summed E-state index contributed by atoms with van der Waals surface area (Å²) in [5, 5.41) is 0. The van der Waals surface area contributed by atoms with Gasteiger partial charge in [-0.05, 0) is 66.6 Å². The summed E-state index contributed by atoms with van der Waals surface area (Å²) in [6, 6.07) is 23.8. The quantitative estimate of drug-likeness (QED) is 0.334. The molecule has 0 spiro atoms. The van der Waals surface area contributed by atoms with Gasteiger partial charge in [0.2, 0.25) is 0 Å². The number of carbonyl (C=O) groups excluding carboxylic acids is 1. The standard InChI is InChI=1S/C26H28O2/c1-4-19(2)5-8-21-9-13-22(14-10-21)23-15-17-25(18-16-23)28-26(27)24-11-6-20(3)7-12-24/h6-7,9-19H,4-5,8H2,1-3H3. The van der Waals surface area contributed by atoms with E-state index in [0.717, 1.165) is 23.5 Å². The van der Waals surface area contributed by atoms with Gasteiger partial charge in [-0.15, -0.1) is 0 Å². The van der Waals surface area contributed by atoms with Crippen LogP contribution >= 0.6 is 0 Å². The van der Waals surface area contributed by atoms with Gasteiger partial charge in [-0.2, -0.15) is 0 Å². The van der Waals surface area contributed by atoms with Crippen LogP contribution in [-0.4, -0.2) is 5.97 Å².